The summed E-state index contributed by atoms with van der Waals surface area (Å²) in [6.07, 6.45) is 0. The van der Waals surface area contributed by atoms with Crippen LogP contribution in [-0.4, -0.2) is 6.54 Å². The predicted octanol–water partition coefficient (Wildman–Crippen LogP) is 3.11. The highest BCUT2D eigenvalue weighted by Crippen LogP contribution is 2.10. The van der Waals surface area contributed by atoms with E-state index < -0.39 is 0 Å². The van der Waals surface area contributed by atoms with E-state index in [1.807, 2.05) is 30.3 Å². The van der Waals surface area contributed by atoms with Crippen molar-refractivity contribution in [3.63, 3.8) is 0 Å². The number of nitrogens with one attached hydrogen (secondary N) is 1. The number of ether oxygens (including phenoxy) is 1. The van der Waals surface area contributed by atoms with Gasteiger partial charge in [0.1, 0.15) is 18.1 Å². The van der Waals surface area contributed by atoms with Crippen molar-refractivity contribution in [1.82, 2.24) is 5.32 Å². The Labute approximate surface area is 108 Å². The molecule has 96 valence electrons. The second-order valence-corrected chi connectivity index (χ2v) is 4.13. The molecule has 1 aromatic carbocycles. The number of hydrogen-bond acceptors (Lipinski definition) is 3. The Balaban J connectivity index is 1.75. The second-order valence-electron chi connectivity index (χ2n) is 4.13. The average molecular weight is 245 g/mol. The summed E-state index contributed by atoms with van der Waals surface area (Å²) in [5.41, 5.74) is 1.18. The van der Waals surface area contributed by atoms with Crippen molar-refractivity contribution in [2.75, 3.05) is 6.54 Å². The molecular formula is C15H19NO2. The molecule has 0 unspecified atom stereocenters. The molecule has 0 saturated heterocycles. The molecule has 2 aromatic rings. The maximum absolute atomic E-state index is 5.64. The average Bonchev–Trinajstić information content (AvgIpc) is 2.85. The van der Waals surface area contributed by atoms with Gasteiger partial charge in [-0.2, -0.15) is 0 Å². The topological polar surface area (TPSA) is 34.4 Å². The molecule has 0 radical (unpaired) electrons. The fourth-order valence-electron chi connectivity index (χ4n) is 1.69. The van der Waals surface area contributed by atoms with Gasteiger partial charge in [0.05, 0.1) is 13.2 Å². The van der Waals surface area contributed by atoms with Crippen molar-refractivity contribution in [2.45, 2.75) is 26.7 Å². The van der Waals surface area contributed by atoms with Gasteiger partial charge in [-0.05, 0) is 24.2 Å². The van der Waals surface area contributed by atoms with E-state index in [2.05, 4.69) is 24.4 Å². The molecule has 18 heavy (non-hydrogen) atoms. The second kappa shape index (κ2) is 6.99. The largest absolute Gasteiger partial charge is 0.462 e. The Morgan fingerprint density at radius 1 is 1.00 bits per heavy atom. The van der Waals surface area contributed by atoms with Gasteiger partial charge in [-0.25, -0.2) is 0 Å². The van der Waals surface area contributed by atoms with Crippen LogP contribution in [0.2, 0.25) is 0 Å². The molecule has 3 nitrogen and oxygen atoms in total. The molecule has 1 heterocycles. The van der Waals surface area contributed by atoms with Crippen LogP contribution in [0.25, 0.3) is 0 Å². The van der Waals surface area contributed by atoms with Gasteiger partial charge in [0.25, 0.3) is 0 Å². The Kier molecular flexibility index (Phi) is 5.00. The van der Waals surface area contributed by atoms with Gasteiger partial charge in [0, 0.05) is 0 Å². The van der Waals surface area contributed by atoms with Gasteiger partial charge in [0.2, 0.25) is 0 Å². The number of benzene rings is 1. The lowest BCUT2D eigenvalue weighted by atomic mass is 10.2. The highest BCUT2D eigenvalue weighted by atomic mass is 16.5. The van der Waals surface area contributed by atoms with Crippen LogP contribution in [0.5, 0.6) is 0 Å². The normalized spacial score (nSPS) is 10.7. The summed E-state index contributed by atoms with van der Waals surface area (Å²) in [6.45, 7) is 4.92. The molecule has 3 heteroatoms. The lowest BCUT2D eigenvalue weighted by Gasteiger charge is -2.02. The molecule has 2 rings (SSSR count). The number of furan rings is 1. The summed E-state index contributed by atoms with van der Waals surface area (Å²) < 4.78 is 11.2. The molecule has 0 amide bonds. The maximum atomic E-state index is 5.64. The van der Waals surface area contributed by atoms with Crippen LogP contribution in [0, 0.1) is 0 Å². The lowest BCUT2D eigenvalue weighted by Crippen LogP contribution is -2.10. The van der Waals surface area contributed by atoms with E-state index in [1.165, 1.54) is 5.56 Å². The van der Waals surface area contributed by atoms with Gasteiger partial charge in [-0.1, -0.05) is 37.3 Å². The third kappa shape index (κ3) is 4.02. The van der Waals surface area contributed by atoms with Crippen molar-refractivity contribution in [1.29, 1.82) is 0 Å². The molecule has 0 atom stereocenters. The van der Waals surface area contributed by atoms with Gasteiger partial charge in [0.15, 0.2) is 0 Å². The number of rotatable bonds is 7. The van der Waals surface area contributed by atoms with E-state index in [-0.39, 0.29) is 0 Å². The highest BCUT2D eigenvalue weighted by Gasteiger charge is 2.01. The minimum absolute atomic E-state index is 0.515. The lowest BCUT2D eigenvalue weighted by molar-refractivity contribution is 0.0920. The van der Waals surface area contributed by atoms with Crippen molar-refractivity contribution in [3.05, 3.63) is 59.5 Å². The van der Waals surface area contributed by atoms with Crippen LogP contribution >= 0.6 is 0 Å². The summed E-state index contributed by atoms with van der Waals surface area (Å²) >= 11 is 0. The summed E-state index contributed by atoms with van der Waals surface area (Å²) in [5.74, 6) is 1.83. The monoisotopic (exact) mass is 245 g/mol. The number of hydrogen-bond donors (Lipinski definition) is 1. The van der Waals surface area contributed by atoms with E-state index >= 15 is 0 Å². The van der Waals surface area contributed by atoms with Crippen LogP contribution in [0.1, 0.15) is 24.0 Å². The Morgan fingerprint density at radius 2 is 1.78 bits per heavy atom. The quantitative estimate of drug-likeness (QED) is 0.814. The van der Waals surface area contributed by atoms with Crippen molar-refractivity contribution in [2.24, 2.45) is 0 Å². The highest BCUT2D eigenvalue weighted by molar-refractivity contribution is 5.13. The molecule has 0 fully saturated rings. The molecule has 0 bridgehead atoms. The molecule has 0 aliphatic carbocycles. The van der Waals surface area contributed by atoms with Crippen LogP contribution in [-0.2, 0) is 24.5 Å². The first-order chi connectivity index (χ1) is 8.88. The summed E-state index contributed by atoms with van der Waals surface area (Å²) in [5, 5.41) is 3.23. The molecule has 1 N–H and O–H groups in total. The van der Waals surface area contributed by atoms with Crippen molar-refractivity contribution < 1.29 is 9.15 Å². The Morgan fingerprint density at radius 3 is 2.56 bits per heavy atom. The van der Waals surface area contributed by atoms with Crippen LogP contribution in [0.3, 0.4) is 0 Å². The molecule has 0 aliphatic heterocycles. The summed E-state index contributed by atoms with van der Waals surface area (Å²) in [4.78, 5) is 0. The van der Waals surface area contributed by atoms with E-state index in [1.54, 1.807) is 0 Å². The first kappa shape index (κ1) is 12.9. The third-order valence-corrected chi connectivity index (χ3v) is 2.62. The fraction of sp³-hybridized carbons (Fsp3) is 0.333. The first-order valence-electron chi connectivity index (χ1n) is 6.28. The summed E-state index contributed by atoms with van der Waals surface area (Å²) in [6, 6.07) is 14.1. The zero-order valence-electron chi connectivity index (χ0n) is 10.7. The van der Waals surface area contributed by atoms with Gasteiger partial charge < -0.3 is 14.5 Å². The molecule has 0 aliphatic rings. The molecule has 1 aromatic heterocycles. The minimum Gasteiger partial charge on any atom is -0.462 e. The van der Waals surface area contributed by atoms with Crippen molar-refractivity contribution in [3.8, 4) is 0 Å². The van der Waals surface area contributed by atoms with Crippen LogP contribution in [0.4, 0.5) is 0 Å². The third-order valence-electron chi connectivity index (χ3n) is 2.62. The molecular weight excluding hydrogens is 226 g/mol. The minimum atomic E-state index is 0.515. The zero-order valence-corrected chi connectivity index (χ0v) is 10.7. The van der Waals surface area contributed by atoms with Crippen LogP contribution in [0.15, 0.2) is 46.9 Å². The zero-order chi connectivity index (χ0) is 12.6. The Hall–Kier alpha value is -1.58. The van der Waals surface area contributed by atoms with E-state index in [9.17, 15) is 0 Å². The smallest absolute Gasteiger partial charge is 0.129 e. The summed E-state index contributed by atoms with van der Waals surface area (Å²) in [7, 11) is 0. The van der Waals surface area contributed by atoms with Crippen molar-refractivity contribution >= 4 is 0 Å². The Bertz CT molecular complexity index is 451. The molecule has 0 spiro atoms. The van der Waals surface area contributed by atoms with Gasteiger partial charge >= 0.3 is 0 Å². The SMILES string of the molecule is CCNCc1ccc(COCc2ccccc2)o1. The van der Waals surface area contributed by atoms with E-state index in [4.69, 9.17) is 9.15 Å². The van der Waals surface area contributed by atoms with E-state index in [0.29, 0.717) is 13.2 Å². The fourth-order valence-corrected chi connectivity index (χ4v) is 1.69. The van der Waals surface area contributed by atoms with E-state index in [0.717, 1.165) is 24.6 Å². The maximum Gasteiger partial charge on any atom is 0.129 e. The van der Waals surface area contributed by atoms with Gasteiger partial charge in [-0.3, -0.25) is 0 Å². The standard InChI is InChI=1S/C15H19NO2/c1-2-16-10-14-8-9-15(18-14)12-17-11-13-6-4-3-5-7-13/h3-9,16H,2,10-12H2,1H3. The van der Waals surface area contributed by atoms with Gasteiger partial charge in [-0.15, -0.1) is 0 Å². The van der Waals surface area contributed by atoms with Crippen LogP contribution < -0.4 is 5.32 Å². The predicted molar refractivity (Wildman–Crippen MR) is 71.0 cm³/mol. The first-order valence-corrected chi connectivity index (χ1v) is 6.28. The molecule has 0 saturated carbocycles.